The summed E-state index contributed by atoms with van der Waals surface area (Å²) in [7, 11) is 0. The van der Waals surface area contributed by atoms with Crippen molar-refractivity contribution in [2.45, 2.75) is 65.3 Å². The molecule has 7 N–H and O–H groups in total. The van der Waals surface area contributed by atoms with Crippen molar-refractivity contribution in [3.05, 3.63) is 46.0 Å². The van der Waals surface area contributed by atoms with Crippen molar-refractivity contribution in [2.24, 2.45) is 28.3 Å². The summed E-state index contributed by atoms with van der Waals surface area (Å²) in [6.07, 6.45) is 0.559. The molecular weight excluding hydrogens is 470 g/mol. The molecule has 13 nitrogen and oxygen atoms in total. The van der Waals surface area contributed by atoms with Crippen LogP contribution in [0.5, 0.6) is 0 Å². The van der Waals surface area contributed by atoms with Gasteiger partial charge < -0.3 is 26.8 Å². The number of nitrogens with zero attached hydrogens (tertiary/aromatic N) is 2. The first-order valence-corrected chi connectivity index (χ1v) is 11.7. The monoisotopic (exact) mass is 507 g/mol. The zero-order valence-electron chi connectivity index (χ0n) is 21.1. The number of nitrogens with one attached hydrogen (secondary N) is 3. The molecule has 0 fully saturated rings. The van der Waals surface area contributed by atoms with E-state index in [1.54, 1.807) is 33.1 Å². The number of carbonyl (C=O) groups is 3. The Hall–Kier alpha value is -3.74. The molecule has 1 rings (SSSR count). The van der Waals surface area contributed by atoms with Crippen molar-refractivity contribution in [3.63, 3.8) is 0 Å². The minimum absolute atomic E-state index is 0.0791. The molecule has 2 amide bonds. The lowest BCUT2D eigenvalue weighted by Crippen LogP contribution is -2.57. The molecule has 0 bridgehead atoms. The van der Waals surface area contributed by atoms with Gasteiger partial charge in [0.05, 0.1) is 6.04 Å². The zero-order valence-corrected chi connectivity index (χ0v) is 21.1. The molecule has 200 valence electrons. The van der Waals surface area contributed by atoms with Gasteiger partial charge in [0.15, 0.2) is 5.03 Å². The number of nitro groups is 1. The van der Waals surface area contributed by atoms with E-state index in [1.807, 2.05) is 30.3 Å². The summed E-state index contributed by atoms with van der Waals surface area (Å²) in [5, 5.41) is 14.8. The van der Waals surface area contributed by atoms with Gasteiger partial charge in [0.25, 0.3) is 5.96 Å². The van der Waals surface area contributed by atoms with E-state index in [-0.39, 0.29) is 37.4 Å². The van der Waals surface area contributed by atoms with E-state index >= 15 is 0 Å². The van der Waals surface area contributed by atoms with Crippen LogP contribution in [-0.4, -0.2) is 53.4 Å². The van der Waals surface area contributed by atoms with Crippen LogP contribution in [0.2, 0.25) is 0 Å². The number of hydrazine groups is 1. The molecule has 1 aromatic carbocycles. The van der Waals surface area contributed by atoms with E-state index in [2.05, 4.69) is 15.6 Å². The topological polar surface area (TPSA) is 204 Å². The number of hydrogen-bond acceptors (Lipinski definition) is 8. The summed E-state index contributed by atoms with van der Waals surface area (Å²) >= 11 is 0. The molecule has 0 radical (unpaired) electrons. The van der Waals surface area contributed by atoms with Crippen LogP contribution >= 0.6 is 0 Å². The third kappa shape index (κ3) is 11.1. The number of nitrogens with two attached hydrogens (primary N) is 2. The summed E-state index contributed by atoms with van der Waals surface area (Å²) in [4.78, 5) is 52.3. The molecule has 0 spiro atoms. The van der Waals surface area contributed by atoms with Crippen molar-refractivity contribution >= 4 is 23.7 Å². The number of benzene rings is 1. The second kappa shape index (κ2) is 15.3. The van der Waals surface area contributed by atoms with E-state index in [4.69, 9.17) is 16.2 Å². The van der Waals surface area contributed by atoms with Gasteiger partial charge in [0, 0.05) is 6.54 Å². The standard InChI is InChI=1S/C23H37N7O6/c1-14(2)18(27-20(31)17(24)11-8-12-26-23(25)29-30(34)35)21(32)28-19(15(3)4)22(33)36-13-16-9-6-5-7-10-16/h5-7,9-10,14-15,17-19H,8,11-13,24H2,1-4H3,(H,27,31)(H,28,32)(H3,25,26,29)/t17-,18-,19-/m0/s1. The van der Waals surface area contributed by atoms with Gasteiger partial charge in [-0.25, -0.2) is 19.9 Å². The number of rotatable bonds is 14. The number of hydrogen-bond donors (Lipinski definition) is 5. The molecule has 3 atom stereocenters. The molecule has 0 unspecified atom stereocenters. The molecule has 0 heterocycles. The first-order valence-electron chi connectivity index (χ1n) is 11.7. The quantitative estimate of drug-likeness (QED) is 0.0582. The third-order valence-corrected chi connectivity index (χ3v) is 5.19. The normalized spacial score (nSPS) is 14.0. The predicted molar refractivity (Wildman–Crippen MR) is 134 cm³/mol. The Morgan fingerprint density at radius 3 is 2.17 bits per heavy atom. The van der Waals surface area contributed by atoms with Gasteiger partial charge in [-0.2, -0.15) is 0 Å². The molecular formula is C23H37N7O6. The molecule has 0 saturated carbocycles. The van der Waals surface area contributed by atoms with E-state index in [1.165, 1.54) is 0 Å². The Kier molecular flexibility index (Phi) is 12.9. The molecule has 36 heavy (non-hydrogen) atoms. The lowest BCUT2D eigenvalue weighted by Gasteiger charge is -2.27. The molecule has 0 aromatic heterocycles. The van der Waals surface area contributed by atoms with Crippen LogP contribution in [0.25, 0.3) is 0 Å². The summed E-state index contributed by atoms with van der Waals surface area (Å²) in [5.41, 5.74) is 13.8. The lowest BCUT2D eigenvalue weighted by molar-refractivity contribution is -0.525. The molecule has 0 aliphatic carbocycles. The first kappa shape index (κ1) is 30.3. The number of guanidine groups is 1. The summed E-state index contributed by atoms with van der Waals surface area (Å²) in [6, 6.07) is 6.42. The van der Waals surface area contributed by atoms with Gasteiger partial charge in [-0.05, 0) is 30.2 Å². The van der Waals surface area contributed by atoms with Crippen LogP contribution in [0.1, 0.15) is 46.1 Å². The van der Waals surface area contributed by atoms with Crippen LogP contribution in [0.15, 0.2) is 35.3 Å². The van der Waals surface area contributed by atoms with Crippen molar-refractivity contribution < 1.29 is 24.2 Å². The highest BCUT2D eigenvalue weighted by atomic mass is 16.7. The number of aliphatic imine (C=N–C) groups is 1. The molecule has 0 aliphatic rings. The van der Waals surface area contributed by atoms with Gasteiger partial charge in [-0.1, -0.05) is 63.5 Å². The van der Waals surface area contributed by atoms with Crippen molar-refractivity contribution in [2.75, 3.05) is 6.54 Å². The smallest absolute Gasteiger partial charge is 0.329 e. The Bertz CT molecular complexity index is 907. The highest BCUT2D eigenvalue weighted by molar-refractivity contribution is 5.92. The SMILES string of the molecule is CC(C)[C@H](NC(=O)[C@@H](N)CCCN=C(N)N[N+](=O)[O-])C(=O)N[C@H](C(=O)OCc1ccccc1)C(C)C. The summed E-state index contributed by atoms with van der Waals surface area (Å²) in [5.74, 6) is -2.52. The molecule has 1 aromatic rings. The maximum absolute atomic E-state index is 13.0. The maximum Gasteiger partial charge on any atom is 0.329 e. The van der Waals surface area contributed by atoms with Crippen LogP contribution in [0.3, 0.4) is 0 Å². The Morgan fingerprint density at radius 2 is 1.61 bits per heavy atom. The average Bonchev–Trinajstić information content (AvgIpc) is 2.81. The van der Waals surface area contributed by atoms with Crippen LogP contribution in [-0.2, 0) is 25.7 Å². The minimum atomic E-state index is -0.935. The van der Waals surface area contributed by atoms with Crippen molar-refractivity contribution in [1.29, 1.82) is 0 Å². The van der Waals surface area contributed by atoms with Crippen LogP contribution in [0, 0.1) is 22.0 Å². The van der Waals surface area contributed by atoms with Gasteiger partial charge >= 0.3 is 5.97 Å². The van der Waals surface area contributed by atoms with Crippen LogP contribution < -0.4 is 27.5 Å². The van der Waals surface area contributed by atoms with E-state index in [0.717, 1.165) is 5.56 Å². The van der Waals surface area contributed by atoms with E-state index in [0.29, 0.717) is 6.42 Å². The Labute approximate surface area is 210 Å². The fourth-order valence-corrected chi connectivity index (χ4v) is 3.13. The highest BCUT2D eigenvalue weighted by Crippen LogP contribution is 2.10. The fourth-order valence-electron chi connectivity index (χ4n) is 3.13. The fraction of sp³-hybridized carbons (Fsp3) is 0.565. The van der Waals surface area contributed by atoms with Gasteiger partial charge in [-0.3, -0.25) is 9.59 Å². The van der Waals surface area contributed by atoms with E-state index < -0.39 is 40.9 Å². The predicted octanol–water partition coefficient (Wildman–Crippen LogP) is 0.215. The second-order valence-corrected chi connectivity index (χ2v) is 8.94. The number of ether oxygens (including phenoxy) is 1. The highest BCUT2D eigenvalue weighted by Gasteiger charge is 2.32. The lowest BCUT2D eigenvalue weighted by atomic mass is 9.99. The largest absolute Gasteiger partial charge is 0.459 e. The number of amides is 2. The van der Waals surface area contributed by atoms with Gasteiger partial charge in [0.1, 0.15) is 18.7 Å². The Balaban J connectivity index is 2.67. The first-order chi connectivity index (χ1) is 16.9. The van der Waals surface area contributed by atoms with Gasteiger partial charge in [0.2, 0.25) is 11.8 Å². The maximum atomic E-state index is 13.0. The van der Waals surface area contributed by atoms with Gasteiger partial charge in [-0.15, -0.1) is 0 Å². The number of esters is 1. The molecule has 0 saturated heterocycles. The van der Waals surface area contributed by atoms with Crippen molar-refractivity contribution in [3.8, 4) is 0 Å². The Morgan fingerprint density at radius 1 is 1.03 bits per heavy atom. The van der Waals surface area contributed by atoms with E-state index in [9.17, 15) is 24.5 Å². The average molecular weight is 508 g/mol. The second-order valence-electron chi connectivity index (χ2n) is 8.94. The third-order valence-electron chi connectivity index (χ3n) is 5.19. The number of carbonyl (C=O) groups excluding carboxylic acids is 3. The van der Waals surface area contributed by atoms with Crippen molar-refractivity contribution in [1.82, 2.24) is 16.1 Å². The van der Waals surface area contributed by atoms with Crippen LogP contribution in [0.4, 0.5) is 0 Å². The summed E-state index contributed by atoms with van der Waals surface area (Å²) < 4.78 is 5.38. The molecule has 0 aliphatic heterocycles. The molecule has 13 heteroatoms. The zero-order chi connectivity index (χ0) is 27.3. The minimum Gasteiger partial charge on any atom is -0.459 e. The summed E-state index contributed by atoms with van der Waals surface area (Å²) in [6.45, 7) is 7.29.